The molecule has 0 aliphatic rings. The van der Waals surface area contributed by atoms with Gasteiger partial charge in [-0.15, -0.1) is 0 Å². The number of hydrogen-bond donors (Lipinski definition) is 0. The van der Waals surface area contributed by atoms with Crippen molar-refractivity contribution in [3.63, 3.8) is 0 Å². The van der Waals surface area contributed by atoms with Crippen LogP contribution in [0, 0.1) is 0 Å². The first kappa shape index (κ1) is 15.6. The molecule has 0 N–H and O–H groups in total. The summed E-state index contributed by atoms with van der Waals surface area (Å²) in [7, 11) is 6.56. The minimum absolute atomic E-state index is 0.0702. The zero-order valence-corrected chi connectivity index (χ0v) is 14.0. The van der Waals surface area contributed by atoms with E-state index < -0.39 is 0 Å². The lowest BCUT2D eigenvalue weighted by Crippen LogP contribution is -2.17. The normalized spacial score (nSPS) is 11.4. The van der Waals surface area contributed by atoms with Crippen LogP contribution in [0.15, 0.2) is 72.8 Å². The van der Waals surface area contributed by atoms with Gasteiger partial charge < -0.3 is 0 Å². The third kappa shape index (κ3) is 3.24. The second kappa shape index (κ2) is 6.08. The summed E-state index contributed by atoms with van der Waals surface area (Å²) >= 11 is 0. The number of benzene rings is 3. The zero-order chi connectivity index (χ0) is 16.4. The maximum Gasteiger partial charge on any atom is 0.115 e. The van der Waals surface area contributed by atoms with E-state index in [0.29, 0.717) is 0 Å². The second-order valence-electron chi connectivity index (χ2n) is 6.97. The van der Waals surface area contributed by atoms with Gasteiger partial charge in [0.1, 0.15) is 7.85 Å². The predicted molar refractivity (Wildman–Crippen MR) is 101 cm³/mol. The molecule has 0 bridgehead atoms. The molecule has 0 aromatic heterocycles. The van der Waals surface area contributed by atoms with Crippen molar-refractivity contribution in [2.45, 2.75) is 26.2 Å². The molecule has 3 aromatic carbocycles. The monoisotopic (exact) mass is 296 g/mol. The van der Waals surface area contributed by atoms with Gasteiger partial charge in [0.15, 0.2) is 0 Å². The highest BCUT2D eigenvalue weighted by atomic mass is 14.2. The van der Waals surface area contributed by atoms with Gasteiger partial charge in [0.25, 0.3) is 0 Å². The molecule has 3 rings (SSSR count). The van der Waals surface area contributed by atoms with E-state index in [4.69, 9.17) is 7.85 Å². The first-order valence-electron chi connectivity index (χ1n) is 8.01. The highest BCUT2D eigenvalue weighted by Crippen LogP contribution is 2.31. The molecule has 0 atom stereocenters. The van der Waals surface area contributed by atoms with Gasteiger partial charge in [0, 0.05) is 0 Å². The van der Waals surface area contributed by atoms with Crippen LogP contribution >= 0.6 is 0 Å². The van der Waals surface area contributed by atoms with Crippen LogP contribution in [0.4, 0.5) is 0 Å². The fourth-order valence-corrected chi connectivity index (χ4v) is 2.80. The molecule has 2 radical (unpaired) electrons. The molecule has 0 unspecified atom stereocenters. The van der Waals surface area contributed by atoms with Crippen molar-refractivity contribution in [1.82, 2.24) is 0 Å². The van der Waals surface area contributed by atoms with Crippen LogP contribution in [0.25, 0.3) is 22.3 Å². The van der Waals surface area contributed by atoms with E-state index in [9.17, 15) is 0 Å². The summed E-state index contributed by atoms with van der Waals surface area (Å²) in [6.07, 6.45) is 0. The first-order valence-corrected chi connectivity index (χ1v) is 8.01. The molecule has 3 aromatic rings. The number of rotatable bonds is 2. The largest absolute Gasteiger partial charge is 0.115 e. The van der Waals surface area contributed by atoms with Gasteiger partial charge >= 0.3 is 0 Å². The average molecular weight is 296 g/mol. The van der Waals surface area contributed by atoms with E-state index in [1.807, 2.05) is 12.1 Å². The SMILES string of the molecule is [B]c1c(-c2ccccc2)cc(C(C)(C)C)cc1-c1ccccc1. The third-order valence-electron chi connectivity index (χ3n) is 4.22. The Bertz CT molecular complexity index is 736. The fourth-order valence-electron chi connectivity index (χ4n) is 2.80. The summed E-state index contributed by atoms with van der Waals surface area (Å²) in [5, 5.41) is 0. The molecule has 0 fully saturated rings. The third-order valence-corrected chi connectivity index (χ3v) is 4.22. The van der Waals surface area contributed by atoms with E-state index in [1.54, 1.807) is 0 Å². The Labute approximate surface area is 140 Å². The quantitative estimate of drug-likeness (QED) is 0.576. The fraction of sp³-hybridized carbons (Fsp3) is 0.182. The molecule has 112 valence electrons. The summed E-state index contributed by atoms with van der Waals surface area (Å²) in [4.78, 5) is 0. The van der Waals surface area contributed by atoms with E-state index in [1.165, 1.54) is 5.56 Å². The summed E-state index contributed by atoms with van der Waals surface area (Å²) in [5.74, 6) is 0. The van der Waals surface area contributed by atoms with Crippen LogP contribution in [0.3, 0.4) is 0 Å². The van der Waals surface area contributed by atoms with Crippen LogP contribution in [-0.2, 0) is 5.41 Å². The minimum Gasteiger partial charge on any atom is -0.0813 e. The van der Waals surface area contributed by atoms with Gasteiger partial charge in [-0.3, -0.25) is 0 Å². The Balaban J connectivity index is 2.28. The molecule has 0 saturated heterocycles. The van der Waals surface area contributed by atoms with Crippen LogP contribution in [-0.4, -0.2) is 7.85 Å². The topological polar surface area (TPSA) is 0 Å². The Kier molecular flexibility index (Phi) is 4.13. The first-order chi connectivity index (χ1) is 11.0. The van der Waals surface area contributed by atoms with Gasteiger partial charge in [0.2, 0.25) is 0 Å². The maximum absolute atomic E-state index is 6.56. The van der Waals surface area contributed by atoms with Gasteiger partial charge in [-0.1, -0.05) is 99.0 Å². The molecule has 23 heavy (non-hydrogen) atoms. The standard InChI is InChI=1S/C22H21B/c1-22(2,3)18-14-19(16-10-6-4-7-11-16)21(23)20(15-18)17-12-8-5-9-13-17/h4-15H,1-3H3. The van der Waals surface area contributed by atoms with Crippen LogP contribution in [0.5, 0.6) is 0 Å². The predicted octanol–water partition coefficient (Wildman–Crippen LogP) is 5.11. The van der Waals surface area contributed by atoms with Gasteiger partial charge in [-0.05, 0) is 33.2 Å². The van der Waals surface area contributed by atoms with Gasteiger partial charge in [-0.2, -0.15) is 0 Å². The molecule has 0 heterocycles. The molecule has 0 aliphatic carbocycles. The summed E-state index contributed by atoms with van der Waals surface area (Å²) in [6, 6.07) is 25.2. The van der Waals surface area contributed by atoms with Crippen LogP contribution in [0.2, 0.25) is 0 Å². The summed E-state index contributed by atoms with van der Waals surface area (Å²) in [5.41, 5.74) is 6.75. The van der Waals surface area contributed by atoms with E-state index >= 15 is 0 Å². The molecular weight excluding hydrogens is 275 g/mol. The molecule has 0 aliphatic heterocycles. The lowest BCUT2D eigenvalue weighted by Gasteiger charge is -2.24. The lowest BCUT2D eigenvalue weighted by atomic mass is 9.76. The molecule has 0 spiro atoms. The van der Waals surface area contributed by atoms with Crippen molar-refractivity contribution in [3.05, 3.63) is 78.4 Å². The zero-order valence-electron chi connectivity index (χ0n) is 14.0. The second-order valence-corrected chi connectivity index (χ2v) is 6.97. The van der Waals surface area contributed by atoms with Crippen molar-refractivity contribution in [1.29, 1.82) is 0 Å². The van der Waals surface area contributed by atoms with Crippen LogP contribution < -0.4 is 5.46 Å². The van der Waals surface area contributed by atoms with E-state index in [0.717, 1.165) is 27.7 Å². The van der Waals surface area contributed by atoms with Crippen molar-refractivity contribution in [2.24, 2.45) is 0 Å². The van der Waals surface area contributed by atoms with Gasteiger partial charge in [-0.25, -0.2) is 0 Å². The summed E-state index contributed by atoms with van der Waals surface area (Å²) < 4.78 is 0. The molecular formula is C22H21B. The van der Waals surface area contributed by atoms with Crippen LogP contribution in [0.1, 0.15) is 26.3 Å². The van der Waals surface area contributed by atoms with Crippen molar-refractivity contribution in [2.75, 3.05) is 0 Å². The average Bonchev–Trinajstić information content (AvgIpc) is 2.55. The maximum atomic E-state index is 6.56. The lowest BCUT2D eigenvalue weighted by molar-refractivity contribution is 0.591. The molecule has 0 saturated carbocycles. The summed E-state index contributed by atoms with van der Waals surface area (Å²) in [6.45, 7) is 6.71. The van der Waals surface area contributed by atoms with Crippen molar-refractivity contribution in [3.8, 4) is 22.3 Å². The highest BCUT2D eigenvalue weighted by Gasteiger charge is 2.18. The molecule has 0 nitrogen and oxygen atoms in total. The smallest absolute Gasteiger partial charge is 0.0813 e. The van der Waals surface area contributed by atoms with Gasteiger partial charge in [0.05, 0.1) is 0 Å². The Morgan fingerprint density at radius 3 is 1.39 bits per heavy atom. The highest BCUT2D eigenvalue weighted by molar-refractivity contribution is 6.39. The van der Waals surface area contributed by atoms with E-state index in [2.05, 4.69) is 81.4 Å². The number of hydrogen-bond acceptors (Lipinski definition) is 0. The van der Waals surface area contributed by atoms with E-state index in [-0.39, 0.29) is 5.41 Å². The van der Waals surface area contributed by atoms with Crippen molar-refractivity contribution >= 4 is 13.3 Å². The Morgan fingerprint density at radius 2 is 1.04 bits per heavy atom. The Hall–Kier alpha value is -2.28. The Morgan fingerprint density at radius 1 is 0.652 bits per heavy atom. The minimum atomic E-state index is 0.0702. The molecule has 0 amide bonds. The van der Waals surface area contributed by atoms with Crippen molar-refractivity contribution < 1.29 is 0 Å². The molecule has 1 heteroatoms.